The van der Waals surface area contributed by atoms with Crippen LogP contribution in [0.4, 0.5) is 10.1 Å². The monoisotopic (exact) mass is 366 g/mol. The molecule has 0 fully saturated rings. The van der Waals surface area contributed by atoms with E-state index in [1.165, 1.54) is 25.3 Å². The number of nitrogens with zero attached hydrogens (tertiary/aromatic N) is 1. The molecule has 1 unspecified atom stereocenters. The third-order valence-corrected chi connectivity index (χ3v) is 4.12. The van der Waals surface area contributed by atoms with Crippen LogP contribution in [0.5, 0.6) is 0 Å². The Morgan fingerprint density at radius 3 is 2.64 bits per heavy atom. The van der Waals surface area contributed by atoms with E-state index in [-0.39, 0.29) is 28.4 Å². The molecule has 0 spiro atoms. The minimum Gasteiger partial charge on any atom is -0.372 e. The maximum absolute atomic E-state index is 14.0. The Bertz CT molecular complexity index is 815. The minimum absolute atomic E-state index is 0.0903. The topological polar surface area (TPSA) is 81.5 Å². The second-order valence-corrected chi connectivity index (χ2v) is 5.95. The van der Waals surface area contributed by atoms with Gasteiger partial charge in [0.15, 0.2) is 0 Å². The molecule has 0 aliphatic heterocycles. The first-order chi connectivity index (χ1) is 11.8. The Morgan fingerprint density at radius 2 is 2.04 bits per heavy atom. The number of nitro benzene ring substituents is 1. The van der Waals surface area contributed by atoms with Gasteiger partial charge < -0.3 is 10.1 Å². The highest BCUT2D eigenvalue weighted by Gasteiger charge is 2.31. The average molecular weight is 367 g/mol. The number of benzene rings is 2. The van der Waals surface area contributed by atoms with Gasteiger partial charge in [-0.1, -0.05) is 29.8 Å². The predicted octanol–water partition coefficient (Wildman–Crippen LogP) is 3.68. The molecule has 2 rings (SSSR count). The first-order valence-corrected chi connectivity index (χ1v) is 7.68. The lowest BCUT2D eigenvalue weighted by molar-refractivity contribution is -0.385. The molecule has 1 N–H and O–H groups in total. The lowest BCUT2D eigenvalue weighted by Gasteiger charge is -2.29. The quantitative estimate of drug-likeness (QED) is 0.624. The summed E-state index contributed by atoms with van der Waals surface area (Å²) < 4.78 is 19.4. The second-order valence-electron chi connectivity index (χ2n) is 5.52. The van der Waals surface area contributed by atoms with E-state index >= 15 is 0 Å². The number of halogens is 2. The fraction of sp³-hybridized carbons (Fsp3) is 0.235. The van der Waals surface area contributed by atoms with Crippen LogP contribution in [0.2, 0.25) is 5.02 Å². The molecule has 132 valence electrons. The Morgan fingerprint density at radius 1 is 1.36 bits per heavy atom. The van der Waals surface area contributed by atoms with E-state index in [9.17, 15) is 19.3 Å². The predicted molar refractivity (Wildman–Crippen MR) is 91.2 cm³/mol. The number of nitrogens with one attached hydrogen (secondary N) is 1. The molecule has 0 aliphatic rings. The van der Waals surface area contributed by atoms with Crippen LogP contribution < -0.4 is 5.32 Å². The summed E-state index contributed by atoms with van der Waals surface area (Å²) in [6, 6.07) is 9.73. The third kappa shape index (κ3) is 4.12. The number of methoxy groups -OCH3 is 1. The normalized spacial score (nSPS) is 13.1. The van der Waals surface area contributed by atoms with Crippen molar-refractivity contribution in [2.24, 2.45) is 0 Å². The summed E-state index contributed by atoms with van der Waals surface area (Å²) in [6.45, 7) is 1.52. The fourth-order valence-corrected chi connectivity index (χ4v) is 2.53. The molecular weight excluding hydrogens is 351 g/mol. The number of ether oxygens (including phenoxy) is 1. The third-order valence-electron chi connectivity index (χ3n) is 3.88. The number of carbonyl (C=O) groups is 1. The van der Waals surface area contributed by atoms with Crippen molar-refractivity contribution >= 4 is 23.2 Å². The van der Waals surface area contributed by atoms with E-state index in [4.69, 9.17) is 16.3 Å². The number of nitro groups is 1. The molecule has 0 saturated heterocycles. The van der Waals surface area contributed by atoms with Gasteiger partial charge in [-0.3, -0.25) is 14.9 Å². The molecule has 0 saturated carbocycles. The van der Waals surface area contributed by atoms with Gasteiger partial charge in [0, 0.05) is 23.8 Å². The van der Waals surface area contributed by atoms with Gasteiger partial charge in [-0.25, -0.2) is 4.39 Å². The number of hydrogen-bond acceptors (Lipinski definition) is 4. The first kappa shape index (κ1) is 18.8. The average Bonchev–Trinajstić information content (AvgIpc) is 2.59. The van der Waals surface area contributed by atoms with E-state index in [0.717, 1.165) is 6.07 Å². The number of rotatable bonds is 6. The standard InChI is InChI=1S/C17H16ClFN2O4/c1-17(25-2,13-5-3-4-6-14(13)19)10-20-16(22)12-9-11(18)7-8-15(12)21(23)24/h3-9H,10H2,1-2H3,(H,20,22). The van der Waals surface area contributed by atoms with Gasteiger partial charge in [-0.15, -0.1) is 0 Å². The number of hydrogen-bond donors (Lipinski definition) is 1. The van der Waals surface area contributed by atoms with E-state index in [0.29, 0.717) is 0 Å². The summed E-state index contributed by atoms with van der Waals surface area (Å²) in [7, 11) is 1.39. The lowest BCUT2D eigenvalue weighted by Crippen LogP contribution is -2.40. The summed E-state index contributed by atoms with van der Waals surface area (Å²) in [6.07, 6.45) is 0. The SMILES string of the molecule is COC(C)(CNC(=O)c1cc(Cl)ccc1[N+](=O)[O-])c1ccccc1F. The van der Waals surface area contributed by atoms with Crippen molar-refractivity contribution in [3.8, 4) is 0 Å². The Labute approximate surface area is 148 Å². The van der Waals surface area contributed by atoms with Crippen LogP contribution in [-0.4, -0.2) is 24.5 Å². The van der Waals surface area contributed by atoms with Gasteiger partial charge in [0.1, 0.15) is 17.0 Å². The van der Waals surface area contributed by atoms with Gasteiger partial charge in [0.05, 0.1) is 11.5 Å². The minimum atomic E-state index is -1.14. The summed E-state index contributed by atoms with van der Waals surface area (Å²) >= 11 is 5.82. The zero-order valence-corrected chi connectivity index (χ0v) is 14.3. The lowest BCUT2D eigenvalue weighted by atomic mass is 9.95. The smallest absolute Gasteiger partial charge is 0.282 e. The van der Waals surface area contributed by atoms with Crippen molar-refractivity contribution in [2.45, 2.75) is 12.5 Å². The van der Waals surface area contributed by atoms with Crippen LogP contribution in [0, 0.1) is 15.9 Å². The molecule has 0 aliphatic carbocycles. The van der Waals surface area contributed by atoms with Crippen LogP contribution in [0.15, 0.2) is 42.5 Å². The second kappa shape index (κ2) is 7.58. The van der Waals surface area contributed by atoms with Crippen molar-refractivity contribution in [1.29, 1.82) is 0 Å². The van der Waals surface area contributed by atoms with Gasteiger partial charge >= 0.3 is 0 Å². The molecule has 1 atom stereocenters. The fourth-order valence-electron chi connectivity index (χ4n) is 2.36. The molecule has 1 amide bonds. The zero-order valence-electron chi connectivity index (χ0n) is 13.6. The van der Waals surface area contributed by atoms with Gasteiger partial charge in [0.2, 0.25) is 0 Å². The Balaban J connectivity index is 2.25. The van der Waals surface area contributed by atoms with Crippen LogP contribution in [0.1, 0.15) is 22.8 Å². The summed E-state index contributed by atoms with van der Waals surface area (Å²) in [5, 5.41) is 13.8. The highest BCUT2D eigenvalue weighted by atomic mass is 35.5. The summed E-state index contributed by atoms with van der Waals surface area (Å²) in [5.74, 6) is -1.18. The van der Waals surface area contributed by atoms with Gasteiger partial charge in [0.25, 0.3) is 11.6 Å². The highest BCUT2D eigenvalue weighted by molar-refractivity contribution is 6.31. The van der Waals surface area contributed by atoms with Crippen LogP contribution in [0.3, 0.4) is 0 Å². The van der Waals surface area contributed by atoms with E-state index in [1.807, 2.05) is 0 Å². The molecule has 2 aromatic rings. The molecule has 0 bridgehead atoms. The molecule has 6 nitrogen and oxygen atoms in total. The summed E-state index contributed by atoms with van der Waals surface area (Å²) in [5.41, 5.74) is -1.43. The molecule has 8 heteroatoms. The van der Waals surface area contributed by atoms with Gasteiger partial charge in [-0.2, -0.15) is 0 Å². The van der Waals surface area contributed by atoms with E-state index in [2.05, 4.69) is 5.32 Å². The molecule has 0 heterocycles. The van der Waals surface area contributed by atoms with Crippen molar-refractivity contribution in [3.63, 3.8) is 0 Å². The molecule has 25 heavy (non-hydrogen) atoms. The van der Waals surface area contributed by atoms with E-state index < -0.39 is 22.2 Å². The number of carbonyl (C=O) groups excluding carboxylic acids is 1. The van der Waals surface area contributed by atoms with Crippen molar-refractivity contribution in [3.05, 3.63) is 74.5 Å². The van der Waals surface area contributed by atoms with E-state index in [1.54, 1.807) is 25.1 Å². The van der Waals surface area contributed by atoms with Gasteiger partial charge in [-0.05, 0) is 25.1 Å². The van der Waals surface area contributed by atoms with Crippen LogP contribution >= 0.6 is 11.6 Å². The number of amides is 1. The van der Waals surface area contributed by atoms with Crippen molar-refractivity contribution < 1.29 is 18.8 Å². The summed E-state index contributed by atoms with van der Waals surface area (Å²) in [4.78, 5) is 22.8. The molecule has 0 radical (unpaired) electrons. The molecular formula is C17H16ClFN2O4. The molecule has 2 aromatic carbocycles. The molecule has 0 aromatic heterocycles. The maximum atomic E-state index is 14.0. The van der Waals surface area contributed by atoms with Crippen LogP contribution in [-0.2, 0) is 10.3 Å². The van der Waals surface area contributed by atoms with Crippen LogP contribution in [0.25, 0.3) is 0 Å². The Kier molecular flexibility index (Phi) is 5.71. The highest BCUT2D eigenvalue weighted by Crippen LogP contribution is 2.27. The largest absolute Gasteiger partial charge is 0.372 e. The maximum Gasteiger partial charge on any atom is 0.282 e. The zero-order chi connectivity index (χ0) is 18.6. The Hall–Kier alpha value is -2.51. The van der Waals surface area contributed by atoms with Crippen molar-refractivity contribution in [2.75, 3.05) is 13.7 Å². The first-order valence-electron chi connectivity index (χ1n) is 7.31. The van der Waals surface area contributed by atoms with Crippen molar-refractivity contribution in [1.82, 2.24) is 5.32 Å².